The van der Waals surface area contributed by atoms with E-state index >= 15 is 0 Å². The van der Waals surface area contributed by atoms with Crippen LogP contribution in [0, 0.1) is 0 Å². The van der Waals surface area contributed by atoms with Crippen LogP contribution in [0.2, 0.25) is 0 Å². The number of rotatable bonds is 4. The van der Waals surface area contributed by atoms with Gasteiger partial charge in [-0.05, 0) is 30.0 Å². The van der Waals surface area contributed by atoms with Gasteiger partial charge in [0.15, 0.2) is 4.32 Å². The van der Waals surface area contributed by atoms with Gasteiger partial charge < -0.3 is 0 Å². The van der Waals surface area contributed by atoms with E-state index in [1.165, 1.54) is 0 Å². The van der Waals surface area contributed by atoms with Gasteiger partial charge in [0.05, 0.1) is 11.4 Å². The Hall–Kier alpha value is -1.52. The quantitative estimate of drug-likeness (QED) is 0.663. The summed E-state index contributed by atoms with van der Waals surface area (Å²) in [4.78, 5) is 0. The highest BCUT2D eigenvalue weighted by Gasteiger charge is 2.09. The molecule has 2 aromatic rings. The molecule has 0 spiro atoms. The maximum absolute atomic E-state index is 5.34. The third-order valence-corrected chi connectivity index (χ3v) is 3.59. The van der Waals surface area contributed by atoms with Crippen molar-refractivity contribution in [1.29, 1.82) is 0 Å². The first kappa shape index (κ1) is 13.9. The van der Waals surface area contributed by atoms with Crippen molar-refractivity contribution >= 4 is 39.7 Å². The molecule has 2 aromatic carbocycles. The van der Waals surface area contributed by atoms with Gasteiger partial charge in [0.1, 0.15) is 0 Å². The van der Waals surface area contributed by atoms with Gasteiger partial charge in [-0.15, -0.1) is 0 Å². The minimum Gasteiger partial charge on any atom is -0.278 e. The van der Waals surface area contributed by atoms with Gasteiger partial charge >= 0.3 is 0 Å². The molecule has 2 nitrogen and oxygen atoms in total. The van der Waals surface area contributed by atoms with E-state index < -0.39 is 0 Å². The molecule has 0 fully saturated rings. The van der Waals surface area contributed by atoms with Gasteiger partial charge in [-0.1, -0.05) is 67.3 Å². The third kappa shape index (κ3) is 3.98. The van der Waals surface area contributed by atoms with Crippen LogP contribution in [0.4, 0.5) is 11.4 Å². The maximum atomic E-state index is 5.34. The number of para-hydroxylation sites is 2. The van der Waals surface area contributed by atoms with Crippen molar-refractivity contribution in [3.63, 3.8) is 0 Å². The number of hydrazine groups is 1. The molecule has 0 atom stereocenters. The number of anilines is 2. The number of nitrogens with one attached hydrogen (secondary N) is 1. The number of hydrogen-bond acceptors (Lipinski definition) is 3. The number of nitrogens with zero attached hydrogens (tertiary/aromatic N) is 1. The van der Waals surface area contributed by atoms with Crippen molar-refractivity contribution in [2.24, 2.45) is 0 Å². The molecule has 19 heavy (non-hydrogen) atoms. The Balaban J connectivity index is 2.26. The van der Waals surface area contributed by atoms with Gasteiger partial charge in [-0.25, -0.2) is 0 Å². The Morgan fingerprint density at radius 1 is 1.00 bits per heavy atom. The van der Waals surface area contributed by atoms with E-state index in [-0.39, 0.29) is 0 Å². The predicted molar refractivity (Wildman–Crippen MR) is 88.9 cm³/mol. The number of hydrogen-bond donors (Lipinski definition) is 1. The molecule has 4 heteroatoms. The van der Waals surface area contributed by atoms with Crippen LogP contribution in [0.15, 0.2) is 60.7 Å². The number of benzene rings is 2. The smallest absolute Gasteiger partial charge is 0.152 e. The minimum absolute atomic E-state index is 0.773. The molecule has 0 unspecified atom stereocenters. The average molecular weight is 288 g/mol. The highest BCUT2D eigenvalue weighted by molar-refractivity contribution is 8.22. The Morgan fingerprint density at radius 3 is 1.89 bits per heavy atom. The van der Waals surface area contributed by atoms with Crippen LogP contribution in [0.3, 0.4) is 0 Å². The van der Waals surface area contributed by atoms with E-state index in [2.05, 4.69) is 36.6 Å². The van der Waals surface area contributed by atoms with E-state index in [0.29, 0.717) is 0 Å². The summed E-state index contributed by atoms with van der Waals surface area (Å²) in [5.74, 6) is 0.962. The Bertz CT molecular complexity index is 475. The lowest BCUT2D eigenvalue weighted by Crippen LogP contribution is -2.36. The summed E-state index contributed by atoms with van der Waals surface area (Å²) in [7, 11) is 0. The molecule has 0 bridgehead atoms. The lowest BCUT2D eigenvalue weighted by atomic mass is 10.2. The summed E-state index contributed by atoms with van der Waals surface area (Å²) >= 11 is 6.97. The third-order valence-electron chi connectivity index (χ3n) is 2.51. The molecule has 0 heterocycles. The largest absolute Gasteiger partial charge is 0.278 e. The molecule has 98 valence electrons. The molecule has 0 amide bonds. The second kappa shape index (κ2) is 7.16. The minimum atomic E-state index is 0.773. The molecule has 0 aliphatic rings. The van der Waals surface area contributed by atoms with Crippen molar-refractivity contribution in [3.8, 4) is 0 Å². The Kier molecular flexibility index (Phi) is 5.24. The van der Waals surface area contributed by atoms with Crippen molar-refractivity contribution in [2.45, 2.75) is 6.92 Å². The van der Waals surface area contributed by atoms with Crippen molar-refractivity contribution < 1.29 is 0 Å². The summed E-state index contributed by atoms with van der Waals surface area (Å²) in [5.41, 5.74) is 5.40. The lowest BCUT2D eigenvalue weighted by Gasteiger charge is -2.26. The normalized spacial score (nSPS) is 9.95. The number of thioether (sulfide) groups is 1. The van der Waals surface area contributed by atoms with E-state index in [4.69, 9.17) is 12.2 Å². The fourth-order valence-electron chi connectivity index (χ4n) is 1.69. The van der Waals surface area contributed by atoms with Crippen LogP contribution in [0.25, 0.3) is 0 Å². The SMILES string of the molecule is CCSC(=S)NN(c1ccccc1)c1ccccc1. The van der Waals surface area contributed by atoms with Gasteiger partial charge in [-0.3, -0.25) is 10.4 Å². The van der Waals surface area contributed by atoms with Gasteiger partial charge in [-0.2, -0.15) is 0 Å². The van der Waals surface area contributed by atoms with E-state index in [9.17, 15) is 0 Å². The molecule has 0 aliphatic carbocycles. The molecule has 2 rings (SSSR count). The van der Waals surface area contributed by atoms with Gasteiger partial charge in [0.25, 0.3) is 0 Å². The monoisotopic (exact) mass is 288 g/mol. The summed E-state index contributed by atoms with van der Waals surface area (Å²) in [6.45, 7) is 2.09. The standard InChI is InChI=1S/C15H16N2S2/c1-2-19-15(18)16-17(13-9-5-3-6-10-13)14-11-7-4-8-12-14/h3-12H,2H2,1H3,(H,16,18). The molecule has 0 aromatic heterocycles. The van der Waals surface area contributed by atoms with E-state index in [1.54, 1.807) is 11.8 Å². The zero-order chi connectivity index (χ0) is 13.5. The average Bonchev–Trinajstić information content (AvgIpc) is 2.47. The Labute approximate surface area is 123 Å². The predicted octanol–water partition coefficient (Wildman–Crippen LogP) is 4.37. The van der Waals surface area contributed by atoms with Gasteiger partial charge in [0.2, 0.25) is 0 Å². The lowest BCUT2D eigenvalue weighted by molar-refractivity contribution is 0.957. The summed E-state index contributed by atoms with van der Waals surface area (Å²) in [5, 5.41) is 2.00. The highest BCUT2D eigenvalue weighted by Crippen LogP contribution is 2.23. The highest BCUT2D eigenvalue weighted by atomic mass is 32.2. The van der Waals surface area contributed by atoms with Crippen LogP contribution < -0.4 is 10.4 Å². The maximum Gasteiger partial charge on any atom is 0.152 e. The second-order valence-electron chi connectivity index (χ2n) is 3.84. The summed E-state index contributed by atoms with van der Waals surface area (Å²) in [6.07, 6.45) is 0. The Morgan fingerprint density at radius 2 is 1.47 bits per heavy atom. The molecule has 1 N–H and O–H groups in total. The van der Waals surface area contributed by atoms with Crippen molar-refractivity contribution in [1.82, 2.24) is 5.43 Å². The fourth-order valence-corrected chi connectivity index (χ4v) is 2.55. The first-order chi connectivity index (χ1) is 9.31. The van der Waals surface area contributed by atoms with E-state index in [1.807, 2.05) is 41.4 Å². The molecular weight excluding hydrogens is 272 g/mol. The second-order valence-corrected chi connectivity index (χ2v) is 5.78. The molecular formula is C15H16N2S2. The molecule has 0 radical (unpaired) electrons. The first-order valence-corrected chi connectivity index (χ1v) is 7.54. The van der Waals surface area contributed by atoms with Crippen molar-refractivity contribution in [2.75, 3.05) is 10.8 Å². The first-order valence-electron chi connectivity index (χ1n) is 6.15. The van der Waals surface area contributed by atoms with Crippen LogP contribution in [-0.2, 0) is 0 Å². The molecule has 0 saturated carbocycles. The summed E-state index contributed by atoms with van der Waals surface area (Å²) in [6, 6.07) is 20.3. The number of thiocarbonyl (C=S) groups is 1. The van der Waals surface area contributed by atoms with Crippen molar-refractivity contribution in [3.05, 3.63) is 60.7 Å². The van der Waals surface area contributed by atoms with Crippen LogP contribution in [0.5, 0.6) is 0 Å². The zero-order valence-electron chi connectivity index (χ0n) is 10.7. The van der Waals surface area contributed by atoms with Crippen LogP contribution in [0.1, 0.15) is 6.92 Å². The fraction of sp³-hybridized carbons (Fsp3) is 0.133. The van der Waals surface area contributed by atoms with Gasteiger partial charge in [0, 0.05) is 0 Å². The molecule has 0 aliphatic heterocycles. The van der Waals surface area contributed by atoms with E-state index in [0.717, 1.165) is 21.4 Å². The molecule has 0 saturated heterocycles. The van der Waals surface area contributed by atoms with Crippen LogP contribution >= 0.6 is 24.0 Å². The zero-order valence-corrected chi connectivity index (χ0v) is 12.4. The van der Waals surface area contributed by atoms with Crippen LogP contribution in [-0.4, -0.2) is 10.1 Å². The topological polar surface area (TPSA) is 15.3 Å². The summed E-state index contributed by atoms with van der Waals surface area (Å²) < 4.78 is 0.773.